The number of halogens is 3. The predicted molar refractivity (Wildman–Crippen MR) is 79.9 cm³/mol. The highest BCUT2D eigenvalue weighted by molar-refractivity contribution is 6.42. The van der Waals surface area contributed by atoms with Crippen molar-refractivity contribution in [2.45, 2.75) is 6.18 Å². The molecule has 1 aliphatic rings. The predicted octanol–water partition coefficient (Wildman–Crippen LogP) is 3.22. The second-order valence-electron chi connectivity index (χ2n) is 5.01. The van der Waals surface area contributed by atoms with Crippen LogP contribution in [0.5, 0.6) is 17.2 Å². The van der Waals surface area contributed by atoms with E-state index in [-0.39, 0.29) is 17.1 Å². The largest absolute Gasteiger partial charge is 0.497 e. The summed E-state index contributed by atoms with van der Waals surface area (Å²) in [4.78, 5) is 22.6. The van der Waals surface area contributed by atoms with Gasteiger partial charge in [0.1, 0.15) is 22.8 Å². The standard InChI is InChI=1S/C16H10F3N2O4/c1-24-8-2-4-9(5-3-8)25-13-7-12-11(6-10(13)16(17,18)19)20-14(22)15(23)21-12/h2-7H,1H3,(H,20,22). The third kappa shape index (κ3) is 3.35. The number of hydrogen-bond donors (Lipinski definition) is 1. The Morgan fingerprint density at radius 1 is 1.04 bits per heavy atom. The van der Waals surface area contributed by atoms with Crippen molar-refractivity contribution in [1.82, 2.24) is 5.32 Å². The van der Waals surface area contributed by atoms with Crippen molar-refractivity contribution in [3.8, 4) is 17.2 Å². The summed E-state index contributed by atoms with van der Waals surface area (Å²) in [7, 11) is 1.45. The van der Waals surface area contributed by atoms with Crippen LogP contribution in [0.2, 0.25) is 0 Å². The van der Waals surface area contributed by atoms with Gasteiger partial charge in [-0.1, -0.05) is 0 Å². The topological polar surface area (TPSA) is 78.7 Å². The lowest BCUT2D eigenvalue weighted by molar-refractivity contribution is -0.138. The van der Waals surface area contributed by atoms with E-state index in [0.717, 1.165) is 6.07 Å². The highest BCUT2D eigenvalue weighted by Gasteiger charge is 2.37. The van der Waals surface area contributed by atoms with E-state index in [9.17, 15) is 22.8 Å². The molecule has 25 heavy (non-hydrogen) atoms. The van der Waals surface area contributed by atoms with Crippen molar-refractivity contribution in [2.24, 2.45) is 0 Å². The fourth-order valence-corrected chi connectivity index (χ4v) is 2.17. The maximum absolute atomic E-state index is 13.3. The van der Waals surface area contributed by atoms with E-state index in [1.807, 2.05) is 0 Å². The number of alkyl halides is 3. The number of hydrogen-bond acceptors (Lipinski definition) is 4. The van der Waals surface area contributed by atoms with Gasteiger partial charge in [-0.25, -0.2) is 5.32 Å². The molecule has 0 bridgehead atoms. The van der Waals surface area contributed by atoms with Crippen LogP contribution in [0.1, 0.15) is 5.56 Å². The van der Waals surface area contributed by atoms with E-state index in [0.29, 0.717) is 11.8 Å². The zero-order chi connectivity index (χ0) is 18.2. The average Bonchev–Trinajstić information content (AvgIpc) is 2.55. The summed E-state index contributed by atoms with van der Waals surface area (Å²) in [5.41, 5.74) is -1.42. The smallest absolute Gasteiger partial charge is 0.420 e. The lowest BCUT2D eigenvalue weighted by atomic mass is 10.1. The van der Waals surface area contributed by atoms with Gasteiger partial charge in [0.25, 0.3) is 0 Å². The number of anilines is 1. The molecular formula is C16H10F3N2O4. The number of amides is 2. The van der Waals surface area contributed by atoms with Crippen LogP contribution in [0.4, 0.5) is 24.5 Å². The number of methoxy groups -OCH3 is 1. The molecule has 1 N–H and O–H groups in total. The van der Waals surface area contributed by atoms with Crippen molar-refractivity contribution >= 4 is 23.2 Å². The van der Waals surface area contributed by atoms with Crippen molar-refractivity contribution in [2.75, 3.05) is 12.4 Å². The Bertz CT molecular complexity index is 848. The minimum Gasteiger partial charge on any atom is -0.497 e. The molecule has 2 aromatic rings. The Balaban J connectivity index is 2.03. The number of fused-ring (bicyclic) bond motifs is 1. The van der Waals surface area contributed by atoms with Crippen LogP contribution in [0.25, 0.3) is 0 Å². The fraction of sp³-hybridized carbons (Fsp3) is 0.125. The van der Waals surface area contributed by atoms with Gasteiger partial charge in [-0.2, -0.15) is 13.2 Å². The van der Waals surface area contributed by atoms with Gasteiger partial charge < -0.3 is 14.8 Å². The number of carbonyl (C=O) groups is 2. The number of carbonyl (C=O) groups excluding carboxylic acids is 2. The van der Waals surface area contributed by atoms with Gasteiger partial charge in [0.15, 0.2) is 0 Å². The highest BCUT2D eigenvalue weighted by Crippen LogP contribution is 2.43. The van der Waals surface area contributed by atoms with E-state index in [1.54, 1.807) is 0 Å². The molecule has 0 saturated carbocycles. The van der Waals surface area contributed by atoms with Crippen LogP contribution >= 0.6 is 0 Å². The zero-order valence-corrected chi connectivity index (χ0v) is 12.7. The highest BCUT2D eigenvalue weighted by atomic mass is 19.4. The zero-order valence-electron chi connectivity index (χ0n) is 12.7. The lowest BCUT2D eigenvalue weighted by Crippen LogP contribution is -2.33. The normalized spacial score (nSPS) is 13.6. The van der Waals surface area contributed by atoms with Gasteiger partial charge in [-0.15, -0.1) is 0 Å². The summed E-state index contributed by atoms with van der Waals surface area (Å²) in [6, 6.07) is 7.55. The van der Waals surface area contributed by atoms with Gasteiger partial charge in [0, 0.05) is 6.07 Å². The maximum atomic E-state index is 13.3. The van der Waals surface area contributed by atoms with E-state index >= 15 is 0 Å². The van der Waals surface area contributed by atoms with E-state index in [1.165, 1.54) is 31.4 Å². The molecule has 2 aromatic carbocycles. The average molecular weight is 351 g/mol. The van der Waals surface area contributed by atoms with Crippen LogP contribution in [0.3, 0.4) is 0 Å². The molecule has 0 aromatic heterocycles. The second kappa shape index (κ2) is 6.00. The lowest BCUT2D eigenvalue weighted by Gasteiger charge is -2.20. The molecule has 6 nitrogen and oxygen atoms in total. The first-order valence-corrected chi connectivity index (χ1v) is 6.92. The van der Waals surface area contributed by atoms with E-state index in [2.05, 4.69) is 10.6 Å². The van der Waals surface area contributed by atoms with Crippen LogP contribution < -0.4 is 20.1 Å². The summed E-state index contributed by atoms with van der Waals surface area (Å²) in [6.45, 7) is 0. The molecular weight excluding hydrogens is 341 g/mol. The van der Waals surface area contributed by atoms with Crippen LogP contribution in [0.15, 0.2) is 36.4 Å². The molecule has 0 spiro atoms. The Hall–Kier alpha value is -3.23. The van der Waals surface area contributed by atoms with Crippen molar-refractivity contribution < 1.29 is 32.2 Å². The molecule has 1 radical (unpaired) electrons. The van der Waals surface area contributed by atoms with Gasteiger partial charge >= 0.3 is 18.0 Å². The molecule has 0 aliphatic carbocycles. The first-order valence-electron chi connectivity index (χ1n) is 6.92. The SMILES string of the molecule is COc1ccc(Oc2cc3c(cc2C(F)(F)F)NC(=O)C(=O)[N]3)cc1. The number of benzene rings is 2. The molecule has 2 amide bonds. The number of nitrogens with zero attached hydrogens (tertiary/aromatic N) is 1. The summed E-state index contributed by atoms with van der Waals surface area (Å²) >= 11 is 0. The summed E-state index contributed by atoms with van der Waals surface area (Å²) in [5, 5.41) is 5.54. The Kier molecular flexibility index (Phi) is 3.99. The molecule has 0 atom stereocenters. The van der Waals surface area contributed by atoms with Gasteiger partial charge in [-0.05, 0) is 30.3 Å². The first kappa shape index (κ1) is 16.6. The quantitative estimate of drug-likeness (QED) is 0.861. The first-order chi connectivity index (χ1) is 11.8. The van der Waals surface area contributed by atoms with Crippen LogP contribution in [0, 0.1) is 0 Å². The third-order valence-corrected chi connectivity index (χ3v) is 3.35. The van der Waals surface area contributed by atoms with Crippen molar-refractivity contribution in [1.29, 1.82) is 0 Å². The van der Waals surface area contributed by atoms with E-state index < -0.39 is 29.3 Å². The molecule has 3 rings (SSSR count). The molecule has 0 fully saturated rings. The minimum atomic E-state index is -4.73. The Morgan fingerprint density at radius 2 is 1.68 bits per heavy atom. The molecule has 1 heterocycles. The summed E-state index contributed by atoms with van der Waals surface area (Å²) < 4.78 is 50.2. The number of rotatable bonds is 3. The molecule has 1 aliphatic heterocycles. The number of ether oxygens (including phenoxy) is 2. The molecule has 0 unspecified atom stereocenters. The maximum Gasteiger partial charge on any atom is 0.420 e. The van der Waals surface area contributed by atoms with Crippen LogP contribution in [-0.4, -0.2) is 18.9 Å². The number of nitrogens with one attached hydrogen (secondary N) is 1. The van der Waals surface area contributed by atoms with Gasteiger partial charge in [0.05, 0.1) is 18.5 Å². The van der Waals surface area contributed by atoms with Crippen molar-refractivity contribution in [3.05, 3.63) is 42.0 Å². The molecule has 9 heteroatoms. The van der Waals surface area contributed by atoms with Crippen molar-refractivity contribution in [3.63, 3.8) is 0 Å². The van der Waals surface area contributed by atoms with Gasteiger partial charge in [0.2, 0.25) is 0 Å². The Morgan fingerprint density at radius 3 is 2.28 bits per heavy atom. The third-order valence-electron chi connectivity index (χ3n) is 3.35. The summed E-state index contributed by atoms with van der Waals surface area (Å²) in [6.07, 6.45) is -4.73. The van der Waals surface area contributed by atoms with Gasteiger partial charge in [-0.3, -0.25) is 9.59 Å². The van der Waals surface area contributed by atoms with E-state index in [4.69, 9.17) is 9.47 Å². The minimum absolute atomic E-state index is 0.110. The van der Waals surface area contributed by atoms with Crippen LogP contribution in [-0.2, 0) is 15.8 Å². The second-order valence-corrected chi connectivity index (χ2v) is 5.01. The molecule has 129 valence electrons. The monoisotopic (exact) mass is 351 g/mol. The Labute approximate surface area is 139 Å². The molecule has 0 saturated heterocycles. The fourth-order valence-electron chi connectivity index (χ4n) is 2.17. The summed E-state index contributed by atoms with van der Waals surface area (Å²) in [5.74, 6) is -2.08.